The summed E-state index contributed by atoms with van der Waals surface area (Å²) in [6.45, 7) is 5.36. The number of hydrogen-bond donors (Lipinski definition) is 1. The molecule has 21 heavy (non-hydrogen) atoms. The summed E-state index contributed by atoms with van der Waals surface area (Å²) < 4.78 is 37.9. The van der Waals surface area contributed by atoms with Crippen LogP contribution >= 0.6 is 0 Å². The lowest BCUT2D eigenvalue weighted by Crippen LogP contribution is -2.50. The van der Waals surface area contributed by atoms with Gasteiger partial charge in [0.1, 0.15) is 0 Å². The highest BCUT2D eigenvalue weighted by molar-refractivity contribution is 4.85. The van der Waals surface area contributed by atoms with E-state index in [2.05, 4.69) is 10.2 Å². The van der Waals surface area contributed by atoms with Gasteiger partial charge in [0.25, 0.3) is 0 Å². The highest BCUT2D eigenvalue weighted by Gasteiger charge is 2.36. The average Bonchev–Trinajstić information content (AvgIpc) is 2.44. The second-order valence-corrected chi connectivity index (χ2v) is 6.88. The number of nitrogens with zero attached hydrogens (tertiary/aromatic N) is 1. The molecule has 0 radical (unpaired) electrons. The minimum absolute atomic E-state index is 0.230. The zero-order chi connectivity index (χ0) is 15.3. The van der Waals surface area contributed by atoms with E-state index in [1.807, 2.05) is 6.92 Å². The number of alkyl halides is 3. The predicted molar refractivity (Wildman–Crippen MR) is 79.3 cm³/mol. The maximum atomic E-state index is 12.6. The van der Waals surface area contributed by atoms with Crippen LogP contribution in [0.4, 0.5) is 13.2 Å². The number of halogens is 3. The molecule has 2 fully saturated rings. The fraction of sp³-hybridized carbons (Fsp3) is 1.00. The first-order valence-electron chi connectivity index (χ1n) is 8.48. The fourth-order valence-electron chi connectivity index (χ4n) is 3.91. The van der Waals surface area contributed by atoms with Gasteiger partial charge in [-0.05, 0) is 44.2 Å². The molecule has 0 aromatic rings. The molecule has 124 valence electrons. The van der Waals surface area contributed by atoms with Gasteiger partial charge in [0.2, 0.25) is 0 Å². The third-order valence-corrected chi connectivity index (χ3v) is 5.00. The first-order valence-corrected chi connectivity index (χ1v) is 8.48. The summed E-state index contributed by atoms with van der Waals surface area (Å²) in [6, 6.07) is 0.230. The Morgan fingerprint density at radius 2 is 1.76 bits per heavy atom. The SMILES string of the molecule is CCN1CC(CC(F)(F)F)CC(NCC2CCCCC2)C1. The number of likely N-dealkylation sites (tertiary alicyclic amines) is 1. The maximum absolute atomic E-state index is 12.6. The smallest absolute Gasteiger partial charge is 0.312 e. The zero-order valence-electron chi connectivity index (χ0n) is 13.1. The molecule has 1 aliphatic heterocycles. The van der Waals surface area contributed by atoms with E-state index in [4.69, 9.17) is 0 Å². The van der Waals surface area contributed by atoms with Crippen molar-refractivity contribution < 1.29 is 13.2 Å². The third-order valence-electron chi connectivity index (χ3n) is 5.00. The number of piperidine rings is 1. The lowest BCUT2D eigenvalue weighted by molar-refractivity contribution is -0.148. The first-order chi connectivity index (χ1) is 9.96. The van der Waals surface area contributed by atoms with E-state index in [0.29, 0.717) is 13.0 Å². The summed E-state index contributed by atoms with van der Waals surface area (Å²) in [4.78, 5) is 2.17. The lowest BCUT2D eigenvalue weighted by atomic mass is 9.88. The van der Waals surface area contributed by atoms with Gasteiger partial charge in [0, 0.05) is 25.6 Å². The van der Waals surface area contributed by atoms with E-state index in [9.17, 15) is 13.2 Å². The Morgan fingerprint density at radius 3 is 2.38 bits per heavy atom. The minimum Gasteiger partial charge on any atom is -0.312 e. The van der Waals surface area contributed by atoms with Gasteiger partial charge in [0.15, 0.2) is 0 Å². The molecule has 2 atom stereocenters. The van der Waals surface area contributed by atoms with Crippen LogP contribution in [0.5, 0.6) is 0 Å². The molecule has 0 aromatic heterocycles. The molecule has 0 spiro atoms. The van der Waals surface area contributed by atoms with Crippen molar-refractivity contribution in [2.75, 3.05) is 26.2 Å². The van der Waals surface area contributed by atoms with Crippen molar-refractivity contribution in [3.8, 4) is 0 Å². The van der Waals surface area contributed by atoms with Gasteiger partial charge in [-0.15, -0.1) is 0 Å². The summed E-state index contributed by atoms with van der Waals surface area (Å²) in [6.07, 6.45) is 2.54. The summed E-state index contributed by atoms with van der Waals surface area (Å²) in [5.74, 6) is 0.486. The largest absolute Gasteiger partial charge is 0.389 e. The van der Waals surface area contributed by atoms with Gasteiger partial charge in [-0.2, -0.15) is 13.2 Å². The first kappa shape index (κ1) is 17.1. The quantitative estimate of drug-likeness (QED) is 0.830. The minimum atomic E-state index is -4.03. The van der Waals surface area contributed by atoms with Crippen molar-refractivity contribution >= 4 is 0 Å². The molecule has 2 unspecified atom stereocenters. The Morgan fingerprint density at radius 1 is 1.05 bits per heavy atom. The Hall–Kier alpha value is -0.290. The number of rotatable bonds is 5. The second kappa shape index (κ2) is 7.82. The molecule has 0 bridgehead atoms. The van der Waals surface area contributed by atoms with Gasteiger partial charge in [-0.1, -0.05) is 26.2 Å². The van der Waals surface area contributed by atoms with Crippen LogP contribution < -0.4 is 5.32 Å². The monoisotopic (exact) mass is 306 g/mol. The van der Waals surface area contributed by atoms with Crippen LogP contribution in [0.25, 0.3) is 0 Å². The molecule has 1 saturated carbocycles. The summed E-state index contributed by atoms with van der Waals surface area (Å²) in [5, 5.41) is 3.56. The van der Waals surface area contributed by atoms with E-state index in [0.717, 1.165) is 25.6 Å². The van der Waals surface area contributed by atoms with Crippen molar-refractivity contribution in [2.45, 2.75) is 64.1 Å². The molecular weight excluding hydrogens is 277 g/mol. The van der Waals surface area contributed by atoms with Gasteiger partial charge in [0.05, 0.1) is 0 Å². The fourth-order valence-corrected chi connectivity index (χ4v) is 3.91. The van der Waals surface area contributed by atoms with Crippen LogP contribution in [-0.4, -0.2) is 43.3 Å². The van der Waals surface area contributed by atoms with Crippen LogP contribution in [0.1, 0.15) is 51.9 Å². The topological polar surface area (TPSA) is 15.3 Å². The van der Waals surface area contributed by atoms with Gasteiger partial charge in [-0.3, -0.25) is 0 Å². The lowest BCUT2D eigenvalue weighted by Gasteiger charge is -2.38. The molecule has 1 aliphatic carbocycles. The number of hydrogen-bond acceptors (Lipinski definition) is 2. The standard InChI is InChI=1S/C16H29F3N2/c1-2-21-11-14(9-16(17,18)19)8-15(12-21)20-10-13-6-4-3-5-7-13/h13-15,20H,2-12H2,1H3. The van der Waals surface area contributed by atoms with Crippen molar-refractivity contribution in [1.29, 1.82) is 0 Å². The van der Waals surface area contributed by atoms with Crippen molar-refractivity contribution in [3.05, 3.63) is 0 Å². The van der Waals surface area contributed by atoms with Crippen molar-refractivity contribution in [2.24, 2.45) is 11.8 Å². The molecule has 0 aromatic carbocycles. The molecule has 0 amide bonds. The van der Waals surface area contributed by atoms with Crippen molar-refractivity contribution in [3.63, 3.8) is 0 Å². The van der Waals surface area contributed by atoms with Crippen LogP contribution in [-0.2, 0) is 0 Å². The predicted octanol–water partition coefficient (Wildman–Crippen LogP) is 3.82. The third kappa shape index (κ3) is 6.15. The average molecular weight is 306 g/mol. The highest BCUT2D eigenvalue weighted by atomic mass is 19.4. The van der Waals surface area contributed by atoms with Gasteiger partial charge >= 0.3 is 6.18 Å². The van der Waals surface area contributed by atoms with E-state index in [1.165, 1.54) is 32.1 Å². The normalized spacial score (nSPS) is 29.7. The Labute approximate surface area is 126 Å². The second-order valence-electron chi connectivity index (χ2n) is 6.88. The molecule has 1 saturated heterocycles. The van der Waals surface area contributed by atoms with E-state index in [-0.39, 0.29) is 12.0 Å². The van der Waals surface area contributed by atoms with Gasteiger partial charge in [-0.25, -0.2) is 0 Å². The molecule has 1 N–H and O–H groups in total. The molecule has 2 rings (SSSR count). The Bertz CT molecular complexity index is 300. The van der Waals surface area contributed by atoms with Crippen LogP contribution in [0.2, 0.25) is 0 Å². The zero-order valence-corrected chi connectivity index (χ0v) is 13.1. The van der Waals surface area contributed by atoms with Crippen LogP contribution in [0.3, 0.4) is 0 Å². The molecule has 1 heterocycles. The molecule has 2 aliphatic rings. The summed E-state index contributed by atoms with van der Waals surface area (Å²) in [7, 11) is 0. The number of nitrogens with one attached hydrogen (secondary N) is 1. The Balaban J connectivity index is 1.80. The van der Waals surface area contributed by atoms with Crippen molar-refractivity contribution in [1.82, 2.24) is 10.2 Å². The van der Waals surface area contributed by atoms with Gasteiger partial charge < -0.3 is 10.2 Å². The van der Waals surface area contributed by atoms with Crippen LogP contribution in [0.15, 0.2) is 0 Å². The Kier molecular flexibility index (Phi) is 6.35. The number of likely N-dealkylation sites (N-methyl/N-ethyl adjacent to an activating group) is 1. The summed E-state index contributed by atoms with van der Waals surface area (Å²) in [5.41, 5.74) is 0. The molecular formula is C16H29F3N2. The maximum Gasteiger partial charge on any atom is 0.389 e. The highest BCUT2D eigenvalue weighted by Crippen LogP contribution is 2.30. The van der Waals surface area contributed by atoms with E-state index < -0.39 is 12.6 Å². The van der Waals surface area contributed by atoms with E-state index in [1.54, 1.807) is 0 Å². The summed E-state index contributed by atoms with van der Waals surface area (Å²) >= 11 is 0. The van der Waals surface area contributed by atoms with E-state index >= 15 is 0 Å². The van der Waals surface area contributed by atoms with Crippen LogP contribution in [0, 0.1) is 11.8 Å². The molecule has 2 nitrogen and oxygen atoms in total. The molecule has 5 heteroatoms.